The molecule has 0 aromatic carbocycles. The van der Waals surface area contributed by atoms with E-state index in [1.807, 2.05) is 0 Å². The minimum Gasteiger partial charge on any atom is -0.481 e. The lowest BCUT2D eigenvalue weighted by atomic mass is 9.88. The molecule has 0 bridgehead atoms. The maximum absolute atomic E-state index is 11.3. The number of carbonyl (C=O) groups excluding carboxylic acids is 2. The fourth-order valence-corrected chi connectivity index (χ4v) is 6.51. The number of hydrogen-bond acceptors (Lipinski definition) is 4. The van der Waals surface area contributed by atoms with Crippen LogP contribution in [0.3, 0.4) is 0 Å². The summed E-state index contributed by atoms with van der Waals surface area (Å²) in [7, 11) is 0. The molecule has 0 heterocycles. The van der Waals surface area contributed by atoms with E-state index >= 15 is 0 Å². The molecule has 178 valence electrons. The van der Waals surface area contributed by atoms with E-state index in [-0.39, 0.29) is 6.42 Å². The van der Waals surface area contributed by atoms with Crippen LogP contribution in [0.5, 0.6) is 0 Å². The number of unbranched alkanes of at least 4 members (excludes halogenated alkanes) is 2. The van der Waals surface area contributed by atoms with Gasteiger partial charge in [0.05, 0.1) is 0 Å². The molecule has 0 spiro atoms. The van der Waals surface area contributed by atoms with Crippen LogP contribution < -0.4 is 0 Å². The number of allylic oxidation sites excluding steroid dienone is 2. The third-order valence-corrected chi connectivity index (χ3v) is 8.08. The zero-order valence-corrected chi connectivity index (χ0v) is 19.1. The zero-order chi connectivity index (χ0) is 23.1. The minimum absolute atomic E-state index is 0.247. The van der Waals surface area contributed by atoms with Gasteiger partial charge in [-0.15, -0.1) is 0 Å². The maximum Gasteiger partial charge on any atom is 0.303 e. The van der Waals surface area contributed by atoms with Crippen molar-refractivity contribution in [2.75, 3.05) is 0 Å². The first-order chi connectivity index (χ1) is 15.3. The molecule has 6 nitrogen and oxygen atoms in total. The van der Waals surface area contributed by atoms with Gasteiger partial charge in [0, 0.05) is 38.5 Å². The molecule has 4 saturated carbocycles. The van der Waals surface area contributed by atoms with Gasteiger partial charge in [-0.3, -0.25) is 19.2 Å². The van der Waals surface area contributed by atoms with Gasteiger partial charge >= 0.3 is 11.9 Å². The average Bonchev–Trinajstić information content (AvgIpc) is 3.45. The van der Waals surface area contributed by atoms with Crippen LogP contribution >= 0.6 is 0 Å². The number of fused-ring (bicyclic) bond motifs is 2. The molecule has 0 radical (unpaired) electrons. The van der Waals surface area contributed by atoms with Crippen molar-refractivity contribution in [1.29, 1.82) is 0 Å². The molecule has 5 atom stereocenters. The highest BCUT2D eigenvalue weighted by atomic mass is 16.4. The van der Waals surface area contributed by atoms with Gasteiger partial charge in [0.15, 0.2) is 0 Å². The van der Waals surface area contributed by atoms with E-state index in [4.69, 9.17) is 10.2 Å². The van der Waals surface area contributed by atoms with Gasteiger partial charge in [-0.05, 0) is 74.5 Å². The number of hydrogen-bond donors (Lipinski definition) is 2. The van der Waals surface area contributed by atoms with Crippen molar-refractivity contribution in [1.82, 2.24) is 0 Å². The Morgan fingerprint density at radius 2 is 1.50 bits per heavy atom. The van der Waals surface area contributed by atoms with Crippen molar-refractivity contribution in [3.05, 3.63) is 11.6 Å². The van der Waals surface area contributed by atoms with E-state index in [0.29, 0.717) is 54.0 Å². The molecule has 2 N–H and O–H groups in total. The third kappa shape index (κ3) is 7.01. The molecule has 4 aliphatic rings. The molecule has 6 heteroatoms. The smallest absolute Gasteiger partial charge is 0.303 e. The lowest BCUT2D eigenvalue weighted by molar-refractivity contribution is -0.138. The molecule has 5 unspecified atom stereocenters. The van der Waals surface area contributed by atoms with Gasteiger partial charge in [0.2, 0.25) is 0 Å². The highest BCUT2D eigenvalue weighted by Gasteiger charge is 2.42. The summed E-state index contributed by atoms with van der Waals surface area (Å²) in [6, 6.07) is 0. The normalized spacial score (nSPS) is 32.0. The Kier molecular flexibility index (Phi) is 9.06. The van der Waals surface area contributed by atoms with Gasteiger partial charge in [0.1, 0.15) is 11.6 Å². The van der Waals surface area contributed by atoms with Crippen LogP contribution in [0, 0.1) is 29.6 Å². The summed E-state index contributed by atoms with van der Waals surface area (Å²) >= 11 is 0. The molecule has 0 aromatic heterocycles. The second-order valence-corrected chi connectivity index (χ2v) is 10.3. The number of carboxylic acid groups (broad SMARTS) is 2. The predicted molar refractivity (Wildman–Crippen MR) is 120 cm³/mol. The summed E-state index contributed by atoms with van der Waals surface area (Å²) in [4.78, 5) is 43.4. The van der Waals surface area contributed by atoms with Gasteiger partial charge in [-0.25, -0.2) is 0 Å². The fourth-order valence-electron chi connectivity index (χ4n) is 6.51. The van der Waals surface area contributed by atoms with Crippen molar-refractivity contribution in [2.45, 2.75) is 96.3 Å². The van der Waals surface area contributed by atoms with Crippen molar-refractivity contribution >= 4 is 23.5 Å². The van der Waals surface area contributed by atoms with Crippen LogP contribution in [-0.4, -0.2) is 33.7 Å². The van der Waals surface area contributed by atoms with Crippen molar-refractivity contribution < 1.29 is 29.4 Å². The molecule has 4 aliphatic carbocycles. The largest absolute Gasteiger partial charge is 0.481 e. The monoisotopic (exact) mass is 446 g/mol. The first-order valence-corrected chi connectivity index (χ1v) is 12.5. The highest BCUT2D eigenvalue weighted by Crippen LogP contribution is 2.48. The first-order valence-electron chi connectivity index (χ1n) is 12.5. The number of carbonyl (C=O) groups is 4. The quantitative estimate of drug-likeness (QED) is 0.372. The third-order valence-electron chi connectivity index (χ3n) is 8.08. The van der Waals surface area contributed by atoms with Crippen molar-refractivity contribution in [3.8, 4) is 0 Å². The SMILES string of the molecule is O=C(O)CCCC=C1CCC2CC(=O)CC12.O=C(O)CCCCC1CCC2CC(=O)CC12. The summed E-state index contributed by atoms with van der Waals surface area (Å²) in [6.45, 7) is 0. The van der Waals surface area contributed by atoms with Gasteiger partial charge in [-0.2, -0.15) is 0 Å². The fraction of sp³-hybridized carbons (Fsp3) is 0.769. The van der Waals surface area contributed by atoms with Crippen LogP contribution in [0.4, 0.5) is 0 Å². The topological polar surface area (TPSA) is 109 Å². The molecular formula is C26H38O6. The van der Waals surface area contributed by atoms with Crippen LogP contribution in [0.2, 0.25) is 0 Å². The number of aliphatic carboxylic acids is 2. The summed E-state index contributed by atoms with van der Waals surface area (Å²) in [6.07, 6.45) is 15.1. The average molecular weight is 447 g/mol. The van der Waals surface area contributed by atoms with Crippen LogP contribution in [0.15, 0.2) is 11.6 Å². The van der Waals surface area contributed by atoms with Gasteiger partial charge < -0.3 is 10.2 Å². The highest BCUT2D eigenvalue weighted by molar-refractivity contribution is 5.82. The molecule has 4 rings (SSSR count). The molecule has 0 saturated heterocycles. The van der Waals surface area contributed by atoms with E-state index in [0.717, 1.165) is 64.2 Å². The van der Waals surface area contributed by atoms with E-state index in [9.17, 15) is 19.2 Å². The number of ketones is 2. The minimum atomic E-state index is -0.723. The molecule has 0 aliphatic heterocycles. The number of Topliss-reactive ketones (excluding diaryl/α,β-unsaturated/α-hetero) is 2. The summed E-state index contributed by atoms with van der Waals surface area (Å²) < 4.78 is 0. The Balaban J connectivity index is 0.000000181. The number of carboxylic acids is 2. The second kappa shape index (κ2) is 11.8. The van der Waals surface area contributed by atoms with E-state index in [1.165, 1.54) is 18.4 Å². The van der Waals surface area contributed by atoms with Gasteiger partial charge in [-0.1, -0.05) is 24.5 Å². The lowest BCUT2D eigenvalue weighted by Gasteiger charge is -2.17. The van der Waals surface area contributed by atoms with Crippen LogP contribution in [0.25, 0.3) is 0 Å². The molecular weight excluding hydrogens is 408 g/mol. The molecule has 4 fully saturated rings. The lowest BCUT2D eigenvalue weighted by Crippen LogP contribution is -2.09. The Labute approximate surface area is 190 Å². The van der Waals surface area contributed by atoms with E-state index in [1.54, 1.807) is 0 Å². The standard InChI is InChI=1S/C13H20O3.C13H18O3/c2*14-11-7-10-6-5-9(12(10)8-11)3-1-2-4-13(15)16/h9-10,12H,1-8H2,(H,15,16);3,10,12H,1-2,4-8H2,(H,15,16). The summed E-state index contributed by atoms with van der Waals surface area (Å²) in [5.41, 5.74) is 1.42. The van der Waals surface area contributed by atoms with Crippen LogP contribution in [-0.2, 0) is 19.2 Å². The van der Waals surface area contributed by atoms with E-state index in [2.05, 4.69) is 6.08 Å². The number of rotatable bonds is 9. The Morgan fingerprint density at radius 3 is 2.25 bits per heavy atom. The second-order valence-electron chi connectivity index (χ2n) is 10.3. The summed E-state index contributed by atoms with van der Waals surface area (Å²) in [5.74, 6) is 2.53. The summed E-state index contributed by atoms with van der Waals surface area (Å²) in [5, 5.41) is 17.1. The molecule has 0 aromatic rings. The zero-order valence-electron chi connectivity index (χ0n) is 19.1. The Hall–Kier alpha value is -1.98. The predicted octanol–water partition coefficient (Wildman–Crippen LogP) is 5.19. The van der Waals surface area contributed by atoms with Crippen LogP contribution in [0.1, 0.15) is 96.3 Å². The molecule has 0 amide bonds. The van der Waals surface area contributed by atoms with E-state index < -0.39 is 11.9 Å². The first kappa shape index (κ1) is 24.7. The van der Waals surface area contributed by atoms with Crippen molar-refractivity contribution in [2.24, 2.45) is 29.6 Å². The Morgan fingerprint density at radius 1 is 0.812 bits per heavy atom. The molecule has 32 heavy (non-hydrogen) atoms. The van der Waals surface area contributed by atoms with Gasteiger partial charge in [0.25, 0.3) is 0 Å². The van der Waals surface area contributed by atoms with Crippen molar-refractivity contribution in [3.63, 3.8) is 0 Å². The maximum atomic E-state index is 11.3. The Bertz CT molecular complexity index is 739.